The summed E-state index contributed by atoms with van der Waals surface area (Å²) >= 11 is 0. The number of amides is 3. The van der Waals surface area contributed by atoms with Gasteiger partial charge in [-0.05, 0) is 41.8 Å². The number of benzene rings is 2. The van der Waals surface area contributed by atoms with Crippen LogP contribution in [-0.4, -0.2) is 71.3 Å². The Hall–Kier alpha value is -5.19. The fourth-order valence-corrected chi connectivity index (χ4v) is 5.72. The van der Waals surface area contributed by atoms with Crippen LogP contribution in [0.4, 0.5) is 10.1 Å². The van der Waals surface area contributed by atoms with E-state index in [2.05, 4.69) is 10.3 Å². The van der Waals surface area contributed by atoms with Gasteiger partial charge in [0.25, 0.3) is 0 Å². The van der Waals surface area contributed by atoms with Gasteiger partial charge in [-0.3, -0.25) is 33.9 Å². The van der Waals surface area contributed by atoms with Crippen LogP contribution in [0.25, 0.3) is 0 Å². The van der Waals surface area contributed by atoms with Crippen molar-refractivity contribution in [3.63, 3.8) is 0 Å². The summed E-state index contributed by atoms with van der Waals surface area (Å²) in [6, 6.07) is 13.9. The molecule has 0 spiro atoms. The van der Waals surface area contributed by atoms with E-state index in [1.807, 2.05) is 6.07 Å². The molecule has 1 aliphatic carbocycles. The Morgan fingerprint density at radius 1 is 1.09 bits per heavy atom. The minimum absolute atomic E-state index is 0.102. The Balaban J connectivity index is 1.19. The lowest BCUT2D eigenvalue weighted by molar-refractivity contribution is -0.150. The molecule has 2 aromatic carbocycles. The molecule has 3 atom stereocenters. The van der Waals surface area contributed by atoms with Gasteiger partial charge in [-0.25, -0.2) is 4.39 Å². The highest BCUT2D eigenvalue weighted by molar-refractivity contribution is 6.30. The highest BCUT2D eigenvalue weighted by atomic mass is 19.1. The van der Waals surface area contributed by atoms with Gasteiger partial charge in [-0.2, -0.15) is 0 Å². The normalized spacial score (nSPS) is 18.8. The van der Waals surface area contributed by atoms with Gasteiger partial charge in [0, 0.05) is 56.8 Å². The Morgan fingerprint density at radius 2 is 1.86 bits per heavy atom. The zero-order valence-electron chi connectivity index (χ0n) is 24.2. The van der Waals surface area contributed by atoms with Gasteiger partial charge in [-0.15, -0.1) is 0 Å². The first-order valence-corrected chi connectivity index (χ1v) is 14.1. The van der Waals surface area contributed by atoms with Crippen molar-refractivity contribution < 1.29 is 33.1 Å². The maximum atomic E-state index is 13.5. The quantitative estimate of drug-likeness (QED) is 0.123. The van der Waals surface area contributed by atoms with Crippen LogP contribution in [0.1, 0.15) is 50.7 Å². The van der Waals surface area contributed by atoms with Crippen LogP contribution in [0, 0.1) is 17.7 Å². The number of ether oxygens (including phenoxy) is 1. The fraction of sp³-hybridized carbons (Fsp3) is 0.273. The molecule has 1 fully saturated rings. The van der Waals surface area contributed by atoms with Crippen molar-refractivity contribution in [1.82, 2.24) is 14.8 Å². The van der Waals surface area contributed by atoms with Gasteiger partial charge >= 0.3 is 0 Å². The molecule has 1 saturated heterocycles. The zero-order chi connectivity index (χ0) is 31.4. The van der Waals surface area contributed by atoms with Gasteiger partial charge in [0.2, 0.25) is 17.7 Å². The molecule has 10 nitrogen and oxygen atoms in total. The number of ketones is 2. The number of likely N-dealkylation sites (N-methyl/N-ethyl adjacent to an activating group) is 1. The van der Waals surface area contributed by atoms with E-state index in [0.29, 0.717) is 11.3 Å². The summed E-state index contributed by atoms with van der Waals surface area (Å²) in [5, 5.41) is 3.11. The third-order valence-corrected chi connectivity index (χ3v) is 8.00. The molecule has 1 aliphatic heterocycles. The molecule has 0 radical (unpaired) electrons. The number of hydrogen-bond acceptors (Lipinski definition) is 8. The Morgan fingerprint density at radius 3 is 2.59 bits per heavy atom. The zero-order valence-corrected chi connectivity index (χ0v) is 24.2. The molecular weight excluding hydrogens is 567 g/mol. The number of hydrogen-bond donors (Lipinski definition) is 1. The molecular formula is C33H31FN4O6. The van der Waals surface area contributed by atoms with Crippen LogP contribution in [0.3, 0.4) is 0 Å². The number of likely N-dealkylation sites (tertiary alicyclic amines) is 1. The summed E-state index contributed by atoms with van der Waals surface area (Å²) in [4.78, 5) is 70.8. The average molecular weight is 599 g/mol. The number of nitrogens with one attached hydrogen (secondary N) is 1. The fourth-order valence-electron chi connectivity index (χ4n) is 5.72. The minimum Gasteiger partial charge on any atom is -0.499 e. The number of carbonyl (C=O) groups is 5. The van der Waals surface area contributed by atoms with Gasteiger partial charge < -0.3 is 15.0 Å². The first-order chi connectivity index (χ1) is 21.2. The molecule has 2 heterocycles. The molecule has 1 aromatic heterocycles. The molecule has 1 N–H and O–H groups in total. The number of carbonyl (C=O) groups excluding carboxylic acids is 5. The van der Waals surface area contributed by atoms with Crippen molar-refractivity contribution in [1.29, 1.82) is 0 Å². The maximum Gasteiger partial charge on any atom is 0.250 e. The van der Waals surface area contributed by atoms with Gasteiger partial charge in [0.1, 0.15) is 12.4 Å². The molecule has 3 aromatic rings. The van der Waals surface area contributed by atoms with E-state index in [4.69, 9.17) is 4.74 Å². The van der Waals surface area contributed by atoms with Gasteiger partial charge in [-0.1, -0.05) is 30.3 Å². The van der Waals surface area contributed by atoms with E-state index < -0.39 is 35.4 Å². The lowest BCUT2D eigenvalue weighted by Crippen LogP contribution is -2.47. The predicted octanol–water partition coefficient (Wildman–Crippen LogP) is 3.80. The molecule has 3 amide bonds. The summed E-state index contributed by atoms with van der Waals surface area (Å²) in [5.41, 5.74) is 2.39. The van der Waals surface area contributed by atoms with E-state index in [-0.39, 0.29) is 54.8 Å². The molecule has 2 aliphatic rings. The Bertz CT molecular complexity index is 1620. The van der Waals surface area contributed by atoms with Crippen molar-refractivity contribution in [2.75, 3.05) is 32.6 Å². The highest BCUT2D eigenvalue weighted by Crippen LogP contribution is 2.39. The summed E-state index contributed by atoms with van der Waals surface area (Å²) in [6.45, 7) is 0.394. The monoisotopic (exact) mass is 598 g/mol. The number of halogens is 1. The molecule has 11 heteroatoms. The SMILES string of the molecule is CN1C(=O)CCC(C2C(=O)c3cccc(NCCOC=CC(=O)N(C)C(c4ccc(F)cc4)c4cccnc4)c3C2=O)C1=O. The van der Waals surface area contributed by atoms with Crippen LogP contribution < -0.4 is 5.32 Å². The van der Waals surface area contributed by atoms with Gasteiger partial charge in [0.15, 0.2) is 11.6 Å². The number of Topliss-reactive ketones (excluding diaryl/α,β-unsaturated/α-hetero) is 2. The number of imide groups is 1. The number of aromatic nitrogens is 1. The Kier molecular flexibility index (Phi) is 8.94. The largest absolute Gasteiger partial charge is 0.499 e. The average Bonchev–Trinajstić information content (AvgIpc) is 3.29. The lowest BCUT2D eigenvalue weighted by Gasteiger charge is -2.29. The number of pyridine rings is 1. The first kappa shape index (κ1) is 30.3. The smallest absolute Gasteiger partial charge is 0.250 e. The maximum absolute atomic E-state index is 13.5. The van der Waals surface area contributed by atoms with Crippen LogP contribution in [0.15, 0.2) is 79.3 Å². The number of piperidine rings is 1. The van der Waals surface area contributed by atoms with E-state index in [1.54, 1.807) is 55.8 Å². The van der Waals surface area contributed by atoms with Crippen molar-refractivity contribution in [2.24, 2.45) is 11.8 Å². The molecule has 0 saturated carbocycles. The summed E-state index contributed by atoms with van der Waals surface area (Å²) in [7, 11) is 3.00. The summed E-state index contributed by atoms with van der Waals surface area (Å²) in [6.07, 6.45) is 6.09. The summed E-state index contributed by atoms with van der Waals surface area (Å²) in [5.74, 6) is -4.44. The van der Waals surface area contributed by atoms with Crippen LogP contribution in [-0.2, 0) is 19.1 Å². The molecule has 3 unspecified atom stereocenters. The molecule has 44 heavy (non-hydrogen) atoms. The lowest BCUT2D eigenvalue weighted by atomic mass is 9.81. The Labute approximate surface area is 253 Å². The van der Waals surface area contributed by atoms with E-state index in [0.717, 1.165) is 10.5 Å². The second kappa shape index (κ2) is 13.0. The topological polar surface area (TPSA) is 126 Å². The van der Waals surface area contributed by atoms with Crippen LogP contribution >= 0.6 is 0 Å². The van der Waals surface area contributed by atoms with Crippen molar-refractivity contribution in [3.05, 3.63) is 107 Å². The first-order valence-electron chi connectivity index (χ1n) is 14.1. The second-order valence-corrected chi connectivity index (χ2v) is 10.7. The van der Waals surface area contributed by atoms with Crippen molar-refractivity contribution in [3.8, 4) is 0 Å². The number of fused-ring (bicyclic) bond motifs is 1. The number of nitrogens with zero attached hydrogens (tertiary/aromatic N) is 3. The number of anilines is 1. The van der Waals surface area contributed by atoms with Crippen molar-refractivity contribution >= 4 is 35.0 Å². The third-order valence-electron chi connectivity index (χ3n) is 8.00. The van der Waals surface area contributed by atoms with Crippen LogP contribution in [0.2, 0.25) is 0 Å². The van der Waals surface area contributed by atoms with E-state index >= 15 is 0 Å². The van der Waals surface area contributed by atoms with Crippen molar-refractivity contribution in [2.45, 2.75) is 18.9 Å². The predicted molar refractivity (Wildman–Crippen MR) is 158 cm³/mol. The molecule has 5 rings (SSSR count). The second-order valence-electron chi connectivity index (χ2n) is 10.7. The highest BCUT2D eigenvalue weighted by Gasteiger charge is 2.49. The standard InChI is InChI=1S/C33H31FN4O6/c1-37(30(21-5-4-15-35-19-21)20-8-10-22(34)11-9-20)27(40)14-17-44-18-16-36-25-7-3-6-23-28(25)32(42)29(31(23)41)24-12-13-26(39)38(2)33(24)43/h3-11,14-15,17,19,24,29-30,36H,12-13,16,18H2,1-2H3. The molecule has 0 bridgehead atoms. The third kappa shape index (κ3) is 5.98. The molecule has 226 valence electrons. The van der Waals surface area contributed by atoms with E-state index in [9.17, 15) is 28.4 Å². The van der Waals surface area contributed by atoms with Crippen LogP contribution in [0.5, 0.6) is 0 Å². The number of rotatable bonds is 10. The van der Waals surface area contributed by atoms with Gasteiger partial charge in [0.05, 0.1) is 29.7 Å². The summed E-state index contributed by atoms with van der Waals surface area (Å²) < 4.78 is 19.1. The van der Waals surface area contributed by atoms with E-state index in [1.165, 1.54) is 36.4 Å². The minimum atomic E-state index is -1.15.